The van der Waals surface area contributed by atoms with Gasteiger partial charge >= 0.3 is 0 Å². The van der Waals surface area contributed by atoms with E-state index in [4.69, 9.17) is 5.73 Å². The molecule has 0 aromatic heterocycles. The molecule has 0 saturated carbocycles. The van der Waals surface area contributed by atoms with E-state index in [1.54, 1.807) is 60.6 Å². The number of primary amides is 1. The molecular formula is C73H120N16O19. The molecule has 35 nitrogen and oxygen atoms in total. The standard InChI is InChI=1S/C73H120N16O19/c1-22-73(21,66(108)89-36-45(93)33-49(89)57(99)82-67(9,10)60(102)77-43(37-90)31-42-26-24-23-25-27-42)84-54(96)46(28-29-50(74)94)79-56(98)48-32-44(92)35-88(48)65(107)72(19,20)87-63(105)69(13,14)81-55(97)47(30-38(2)3)78-51(95)34-75-58(100)52(39(4)5)80-61(103)68(11,12)85-64(106)71(17,18)86-62(104)70(15,16)83-59(101)53(40(6)7)76-41(8)91/h23-27,38-40,43-49,52-53,90,92-93H,22,28-37H2,1-21H3,(H2,74,94)(H,75,100)(H,76,91)(H,77,102)(H,78,95)(H,79,98)(H,80,103)(H,81,97)(H,82,99)(H,83,101)(H,84,96)(H,85,106)(H,86,104)(H,87,105)/t43-,44+,45+,46-,47-,48-,49-,52-,53-,73-/m0/s1. The van der Waals surface area contributed by atoms with Crippen LogP contribution in [0.3, 0.4) is 0 Å². The van der Waals surface area contributed by atoms with Crippen molar-refractivity contribution in [3.63, 3.8) is 0 Å². The van der Waals surface area contributed by atoms with Gasteiger partial charge in [0.15, 0.2) is 0 Å². The van der Waals surface area contributed by atoms with Crippen molar-refractivity contribution in [2.24, 2.45) is 23.5 Å². The van der Waals surface area contributed by atoms with Gasteiger partial charge in [-0.1, -0.05) is 78.8 Å². The van der Waals surface area contributed by atoms with Crippen LogP contribution in [0.4, 0.5) is 0 Å². The van der Waals surface area contributed by atoms with Crippen LogP contribution in [-0.2, 0) is 83.1 Å². The Morgan fingerprint density at radius 3 is 1.41 bits per heavy atom. The fraction of sp³-hybridized carbons (Fsp3) is 0.699. The molecule has 108 heavy (non-hydrogen) atoms. The Bertz CT molecular complexity index is 3480. The summed E-state index contributed by atoms with van der Waals surface area (Å²) < 4.78 is 0. The lowest BCUT2D eigenvalue weighted by molar-refractivity contribution is -0.147. The van der Waals surface area contributed by atoms with E-state index in [1.807, 2.05) is 18.2 Å². The van der Waals surface area contributed by atoms with Crippen molar-refractivity contribution < 1.29 is 92.0 Å². The minimum atomic E-state index is -1.90. The van der Waals surface area contributed by atoms with Crippen LogP contribution in [0.25, 0.3) is 0 Å². The molecule has 3 rings (SSSR count). The molecule has 18 N–H and O–H groups in total. The van der Waals surface area contributed by atoms with Gasteiger partial charge in [-0.3, -0.25) is 76.7 Å². The zero-order chi connectivity index (χ0) is 82.9. The number of nitrogens with two attached hydrogens (primary N) is 1. The van der Waals surface area contributed by atoms with Gasteiger partial charge in [0.05, 0.1) is 31.4 Å². The summed E-state index contributed by atoms with van der Waals surface area (Å²) in [5.74, 6) is -14.2. The van der Waals surface area contributed by atoms with E-state index in [0.717, 1.165) is 15.4 Å². The number of carbonyl (C=O) groups excluding carboxylic acids is 16. The van der Waals surface area contributed by atoms with Crippen molar-refractivity contribution in [2.45, 2.75) is 284 Å². The van der Waals surface area contributed by atoms with E-state index in [-0.39, 0.29) is 50.5 Å². The van der Waals surface area contributed by atoms with Gasteiger partial charge in [-0.25, -0.2) is 0 Å². The van der Waals surface area contributed by atoms with Crippen molar-refractivity contribution in [2.75, 3.05) is 26.2 Å². The summed E-state index contributed by atoms with van der Waals surface area (Å²) in [6.45, 7) is 28.7. The van der Waals surface area contributed by atoms with Crippen LogP contribution in [0.2, 0.25) is 0 Å². The first-order valence-electron chi connectivity index (χ1n) is 36.4. The predicted molar refractivity (Wildman–Crippen MR) is 396 cm³/mol. The van der Waals surface area contributed by atoms with Crippen molar-refractivity contribution in [1.29, 1.82) is 0 Å². The largest absolute Gasteiger partial charge is 0.394 e. The normalized spacial score (nSPS) is 18.3. The highest BCUT2D eigenvalue weighted by Gasteiger charge is 2.51. The van der Waals surface area contributed by atoms with Crippen LogP contribution < -0.4 is 74.9 Å². The third kappa shape index (κ3) is 26.5. The molecule has 1 aromatic rings. The Morgan fingerprint density at radius 2 is 0.935 bits per heavy atom. The highest BCUT2D eigenvalue weighted by Crippen LogP contribution is 2.28. The van der Waals surface area contributed by atoms with Gasteiger partial charge in [0.1, 0.15) is 75.0 Å². The van der Waals surface area contributed by atoms with E-state index in [2.05, 4.69) is 69.1 Å². The molecule has 1 aromatic carbocycles. The maximum atomic E-state index is 14.6. The van der Waals surface area contributed by atoms with Crippen LogP contribution >= 0.6 is 0 Å². The summed E-state index contributed by atoms with van der Waals surface area (Å²) in [7, 11) is 0. The molecule has 35 heteroatoms. The monoisotopic (exact) mass is 1520 g/mol. The highest BCUT2D eigenvalue weighted by atomic mass is 16.3. The first-order chi connectivity index (χ1) is 49.5. The lowest BCUT2D eigenvalue weighted by Crippen LogP contribution is -2.67. The first kappa shape index (κ1) is 92.8. The maximum absolute atomic E-state index is 14.6. The first-order valence-corrected chi connectivity index (χ1v) is 36.4. The number of likely N-dealkylation sites (tertiary alicyclic amines) is 2. The number of hydrogen-bond acceptors (Lipinski definition) is 19. The molecule has 0 aliphatic carbocycles. The number of aliphatic hydroxyl groups is 3. The second-order valence-corrected chi connectivity index (χ2v) is 32.7. The van der Waals surface area contributed by atoms with Crippen molar-refractivity contribution in [3.8, 4) is 0 Å². The molecule has 606 valence electrons. The lowest BCUT2D eigenvalue weighted by Gasteiger charge is -2.37. The number of amides is 16. The van der Waals surface area contributed by atoms with E-state index >= 15 is 0 Å². The highest BCUT2D eigenvalue weighted by molar-refractivity contribution is 6.03. The Kier molecular flexibility index (Phi) is 32.8. The Hall–Kier alpha value is -9.38. The second-order valence-electron chi connectivity index (χ2n) is 32.7. The molecule has 16 amide bonds. The fourth-order valence-corrected chi connectivity index (χ4v) is 11.8. The maximum Gasteiger partial charge on any atom is 0.248 e. The van der Waals surface area contributed by atoms with Gasteiger partial charge < -0.3 is 100.0 Å². The number of hydrogen-bond donors (Lipinski definition) is 17. The average molecular weight is 1530 g/mol. The zero-order valence-corrected chi connectivity index (χ0v) is 66.4. The third-order valence-corrected chi connectivity index (χ3v) is 18.7. The predicted octanol–water partition coefficient (Wildman–Crippen LogP) is -3.02. The van der Waals surface area contributed by atoms with Crippen LogP contribution in [-0.4, -0.2) is 239 Å². The van der Waals surface area contributed by atoms with Crippen LogP contribution in [0.15, 0.2) is 30.3 Å². The number of rotatable bonds is 38. The number of benzene rings is 1. The summed E-state index contributed by atoms with van der Waals surface area (Å²) in [5.41, 5.74) is -5.85. The lowest BCUT2D eigenvalue weighted by atomic mass is 9.94. The molecule has 2 saturated heterocycles. The third-order valence-electron chi connectivity index (χ3n) is 18.7. The van der Waals surface area contributed by atoms with E-state index < -0.39 is 226 Å². The van der Waals surface area contributed by atoms with Gasteiger partial charge in [0.25, 0.3) is 0 Å². The van der Waals surface area contributed by atoms with Crippen LogP contribution in [0, 0.1) is 17.8 Å². The number of nitrogens with one attached hydrogen (secondary N) is 13. The Labute approximate surface area is 632 Å². The van der Waals surface area contributed by atoms with Crippen molar-refractivity contribution >= 4 is 94.5 Å². The average Bonchev–Trinajstić information content (AvgIpc) is 1.58. The molecule has 0 bridgehead atoms. The SMILES string of the molecule is CC[C@](C)(NC(=O)[C@H](CCC(N)=O)NC(=O)[C@@H]1C[C@@H](O)CN1C(=O)C(C)(C)NC(=O)C(C)(C)NC(=O)[C@H](CC(C)C)NC(=O)CNC(=O)[C@@H](NC(=O)C(C)(C)NC(=O)C(C)(C)NC(=O)C(C)(C)NC(=O)[C@@H](NC(C)=O)C(C)C)C(C)C)C(=O)N1C[C@H](O)C[C@H]1C(=O)NC(C)(C)C(=O)N[C@H](CO)Cc1ccccc1. The summed E-state index contributed by atoms with van der Waals surface area (Å²) in [6.07, 6.45) is -3.84. The van der Waals surface area contributed by atoms with Gasteiger partial charge in [0, 0.05) is 39.3 Å². The molecule has 2 aliphatic rings. The summed E-state index contributed by atoms with van der Waals surface area (Å²) in [5, 5.41) is 65.6. The topological polar surface area (TPSA) is 523 Å². The molecule has 0 radical (unpaired) electrons. The Balaban J connectivity index is 1.71. The molecule has 0 unspecified atom stereocenters. The van der Waals surface area contributed by atoms with Crippen molar-refractivity contribution in [3.05, 3.63) is 35.9 Å². The molecular weight excluding hydrogens is 1400 g/mol. The van der Waals surface area contributed by atoms with Gasteiger partial charge in [-0.15, -0.1) is 0 Å². The molecule has 0 spiro atoms. The van der Waals surface area contributed by atoms with Crippen LogP contribution in [0.5, 0.6) is 0 Å². The second kappa shape index (κ2) is 38.1. The smallest absolute Gasteiger partial charge is 0.248 e. The Morgan fingerprint density at radius 1 is 0.500 bits per heavy atom. The number of carbonyl (C=O) groups is 16. The quantitative estimate of drug-likeness (QED) is 0.0313. The number of nitrogens with zero attached hydrogens (tertiary/aromatic N) is 2. The molecule has 2 aliphatic heterocycles. The zero-order valence-electron chi connectivity index (χ0n) is 66.4. The minimum absolute atomic E-state index is 0.0193. The molecule has 10 atom stereocenters. The summed E-state index contributed by atoms with van der Waals surface area (Å²) in [6, 6.07) is 0.333. The summed E-state index contributed by atoms with van der Waals surface area (Å²) >= 11 is 0. The van der Waals surface area contributed by atoms with Gasteiger partial charge in [-0.05, 0) is 139 Å². The van der Waals surface area contributed by atoms with Gasteiger partial charge in [0.2, 0.25) is 94.5 Å². The van der Waals surface area contributed by atoms with E-state index in [9.17, 15) is 92.0 Å². The molecule has 2 fully saturated rings. The van der Waals surface area contributed by atoms with Gasteiger partial charge in [-0.2, -0.15) is 0 Å². The van der Waals surface area contributed by atoms with E-state index in [0.29, 0.717) is 0 Å². The summed E-state index contributed by atoms with van der Waals surface area (Å²) in [4.78, 5) is 221. The fourth-order valence-electron chi connectivity index (χ4n) is 11.8. The van der Waals surface area contributed by atoms with Crippen molar-refractivity contribution in [1.82, 2.24) is 78.9 Å². The van der Waals surface area contributed by atoms with Crippen LogP contribution in [0.1, 0.15) is 189 Å². The number of aliphatic hydroxyl groups excluding tert-OH is 3. The minimum Gasteiger partial charge on any atom is -0.394 e. The molecule has 2 heterocycles. The van der Waals surface area contributed by atoms with E-state index in [1.165, 1.54) is 96.9 Å². The number of β-amino-alcohol motifs (C(OH)–C–C–N with tert-alkyl or cyclic N) is 2.